The molecule has 1 amide bonds. The first kappa shape index (κ1) is 19.8. The van der Waals surface area contributed by atoms with Crippen LogP contribution in [0.15, 0.2) is 52.5 Å². The van der Waals surface area contributed by atoms with Gasteiger partial charge in [0.05, 0.1) is 17.2 Å². The van der Waals surface area contributed by atoms with Crippen molar-refractivity contribution in [3.63, 3.8) is 0 Å². The van der Waals surface area contributed by atoms with Crippen LogP contribution in [0.4, 0.5) is 5.82 Å². The number of amides is 1. The maximum Gasteiger partial charge on any atom is 0.255 e. The van der Waals surface area contributed by atoms with E-state index in [9.17, 15) is 4.79 Å². The van der Waals surface area contributed by atoms with Crippen LogP contribution < -0.4 is 10.2 Å². The van der Waals surface area contributed by atoms with Gasteiger partial charge in [-0.25, -0.2) is 9.97 Å². The Kier molecular flexibility index (Phi) is 5.19. The van der Waals surface area contributed by atoms with E-state index < -0.39 is 0 Å². The molecule has 1 fully saturated rings. The number of rotatable bonds is 4. The summed E-state index contributed by atoms with van der Waals surface area (Å²) in [6.45, 7) is 5.44. The van der Waals surface area contributed by atoms with Crippen LogP contribution in [0.1, 0.15) is 34.8 Å². The van der Waals surface area contributed by atoms with E-state index in [0.29, 0.717) is 11.3 Å². The molecule has 0 unspecified atom stereocenters. The number of thiophene rings is 1. The molecule has 0 bridgehead atoms. The van der Waals surface area contributed by atoms with Gasteiger partial charge in [-0.2, -0.15) is 0 Å². The number of carbonyl (C=O) groups is 1. The molecule has 6 nitrogen and oxygen atoms in total. The van der Waals surface area contributed by atoms with Gasteiger partial charge in [0, 0.05) is 30.1 Å². The minimum atomic E-state index is -0.0610. The molecule has 1 aliphatic heterocycles. The quantitative estimate of drug-likeness (QED) is 0.493. The topological polar surface area (TPSA) is 71.3 Å². The van der Waals surface area contributed by atoms with E-state index >= 15 is 0 Å². The molecular formula is C24H24N4O2S. The van der Waals surface area contributed by atoms with Crippen molar-refractivity contribution < 1.29 is 9.21 Å². The van der Waals surface area contributed by atoms with Gasteiger partial charge in [0.15, 0.2) is 0 Å². The fourth-order valence-electron chi connectivity index (χ4n) is 4.21. The first-order valence-corrected chi connectivity index (χ1v) is 11.4. The minimum Gasteiger partial charge on any atom is -0.469 e. The Bertz CT molecular complexity index is 1220. The number of nitrogens with one attached hydrogen (secondary N) is 1. The molecule has 0 radical (unpaired) electrons. The van der Waals surface area contributed by atoms with E-state index in [1.807, 2.05) is 19.9 Å². The van der Waals surface area contributed by atoms with Gasteiger partial charge in [-0.15, -0.1) is 11.3 Å². The first-order valence-electron chi connectivity index (χ1n) is 10.5. The molecule has 1 aromatic carbocycles. The van der Waals surface area contributed by atoms with Crippen molar-refractivity contribution >= 4 is 33.3 Å². The summed E-state index contributed by atoms with van der Waals surface area (Å²) < 4.78 is 5.26. The Morgan fingerprint density at radius 3 is 2.61 bits per heavy atom. The second-order valence-corrected chi connectivity index (χ2v) is 8.77. The molecule has 5 rings (SSSR count). The van der Waals surface area contributed by atoms with E-state index in [1.54, 1.807) is 23.7 Å². The van der Waals surface area contributed by atoms with Gasteiger partial charge in [-0.3, -0.25) is 4.79 Å². The van der Waals surface area contributed by atoms with Crippen molar-refractivity contribution in [1.82, 2.24) is 15.3 Å². The lowest BCUT2D eigenvalue weighted by Gasteiger charge is -2.33. The number of furan rings is 1. The number of nitrogens with zero attached hydrogens (tertiary/aromatic N) is 3. The van der Waals surface area contributed by atoms with Crippen molar-refractivity contribution in [3.8, 4) is 11.1 Å². The van der Waals surface area contributed by atoms with Crippen LogP contribution in [-0.2, 0) is 0 Å². The summed E-state index contributed by atoms with van der Waals surface area (Å²) in [5.41, 5.74) is 2.97. The summed E-state index contributed by atoms with van der Waals surface area (Å²) in [5, 5.41) is 6.46. The Hall–Kier alpha value is -3.19. The van der Waals surface area contributed by atoms with Crippen molar-refractivity contribution in [2.24, 2.45) is 0 Å². The van der Waals surface area contributed by atoms with Gasteiger partial charge < -0.3 is 14.6 Å². The van der Waals surface area contributed by atoms with Crippen LogP contribution in [0.2, 0.25) is 0 Å². The maximum absolute atomic E-state index is 12.5. The number of fused-ring (bicyclic) bond motifs is 1. The lowest BCUT2D eigenvalue weighted by molar-refractivity contribution is 0.0929. The number of aromatic nitrogens is 2. The van der Waals surface area contributed by atoms with Gasteiger partial charge in [0.2, 0.25) is 0 Å². The average Bonchev–Trinajstić information content (AvgIpc) is 3.40. The Morgan fingerprint density at radius 1 is 1.13 bits per heavy atom. The molecule has 0 atom stereocenters. The zero-order chi connectivity index (χ0) is 21.4. The third-order valence-electron chi connectivity index (χ3n) is 5.84. The summed E-state index contributed by atoms with van der Waals surface area (Å²) in [6, 6.07) is 12.3. The molecule has 4 heterocycles. The standard InChI is InChI=1S/C24H24N4O2S/c1-15-19(10-13-30-15)23(29)27-18-8-11-28(12-9-18)22-21-20(17-6-4-3-5-7-17)14-31-24(21)26-16(2)25-22/h3-7,10,13-14,18H,8-9,11-12H2,1-2H3,(H,27,29). The Balaban J connectivity index is 1.38. The Labute approximate surface area is 184 Å². The van der Waals surface area contributed by atoms with Crippen molar-refractivity contribution in [3.05, 3.63) is 65.2 Å². The largest absolute Gasteiger partial charge is 0.469 e. The summed E-state index contributed by atoms with van der Waals surface area (Å²) in [5.74, 6) is 2.38. The van der Waals surface area contributed by atoms with Crippen LogP contribution >= 0.6 is 11.3 Å². The highest BCUT2D eigenvalue weighted by atomic mass is 32.1. The van der Waals surface area contributed by atoms with E-state index in [-0.39, 0.29) is 11.9 Å². The fraction of sp³-hybridized carbons (Fsp3) is 0.292. The lowest BCUT2D eigenvalue weighted by atomic mass is 10.0. The SMILES string of the molecule is Cc1nc(N2CCC(NC(=O)c3ccoc3C)CC2)c2c(-c3ccccc3)csc2n1. The molecule has 1 N–H and O–H groups in total. The predicted octanol–water partition coefficient (Wildman–Crippen LogP) is 4.97. The molecule has 7 heteroatoms. The average molecular weight is 433 g/mol. The molecule has 0 saturated carbocycles. The van der Waals surface area contributed by atoms with Crippen LogP contribution in [0, 0.1) is 13.8 Å². The monoisotopic (exact) mass is 432 g/mol. The van der Waals surface area contributed by atoms with E-state index in [0.717, 1.165) is 47.8 Å². The van der Waals surface area contributed by atoms with Gasteiger partial charge in [0.1, 0.15) is 22.2 Å². The smallest absolute Gasteiger partial charge is 0.255 e. The van der Waals surface area contributed by atoms with E-state index in [1.165, 1.54) is 11.1 Å². The number of carbonyl (C=O) groups excluding carboxylic acids is 1. The highest BCUT2D eigenvalue weighted by molar-refractivity contribution is 7.17. The molecule has 31 heavy (non-hydrogen) atoms. The highest BCUT2D eigenvalue weighted by Gasteiger charge is 2.26. The molecular weight excluding hydrogens is 408 g/mol. The van der Waals surface area contributed by atoms with Gasteiger partial charge >= 0.3 is 0 Å². The van der Waals surface area contributed by atoms with Gasteiger partial charge in [-0.05, 0) is 38.3 Å². The lowest BCUT2D eigenvalue weighted by Crippen LogP contribution is -2.45. The van der Waals surface area contributed by atoms with Crippen molar-refractivity contribution in [2.45, 2.75) is 32.7 Å². The fourth-order valence-corrected chi connectivity index (χ4v) is 5.19. The van der Waals surface area contributed by atoms with Crippen LogP contribution in [-0.4, -0.2) is 35.0 Å². The molecule has 0 aliphatic carbocycles. The third-order valence-corrected chi connectivity index (χ3v) is 6.72. The zero-order valence-corrected chi connectivity index (χ0v) is 18.4. The van der Waals surface area contributed by atoms with Gasteiger partial charge in [-0.1, -0.05) is 30.3 Å². The zero-order valence-electron chi connectivity index (χ0n) is 17.6. The third kappa shape index (κ3) is 3.81. The van der Waals surface area contributed by atoms with Crippen LogP contribution in [0.5, 0.6) is 0 Å². The second kappa shape index (κ2) is 8.15. The minimum absolute atomic E-state index is 0.0610. The first-order chi connectivity index (χ1) is 15.1. The molecule has 3 aromatic heterocycles. The molecule has 4 aromatic rings. The number of anilines is 1. The molecule has 0 spiro atoms. The van der Waals surface area contributed by atoms with Crippen molar-refractivity contribution in [1.29, 1.82) is 0 Å². The highest BCUT2D eigenvalue weighted by Crippen LogP contribution is 2.38. The van der Waals surface area contributed by atoms with E-state index in [2.05, 4.69) is 44.8 Å². The van der Waals surface area contributed by atoms with Crippen LogP contribution in [0.3, 0.4) is 0 Å². The Morgan fingerprint density at radius 2 is 1.90 bits per heavy atom. The van der Waals surface area contributed by atoms with Gasteiger partial charge in [0.25, 0.3) is 5.91 Å². The molecule has 1 saturated heterocycles. The summed E-state index contributed by atoms with van der Waals surface area (Å²) in [6.07, 6.45) is 3.30. The number of hydrogen-bond acceptors (Lipinski definition) is 6. The number of aryl methyl sites for hydroxylation is 2. The number of hydrogen-bond donors (Lipinski definition) is 1. The normalized spacial score (nSPS) is 14.8. The van der Waals surface area contributed by atoms with Crippen molar-refractivity contribution in [2.75, 3.05) is 18.0 Å². The predicted molar refractivity (Wildman–Crippen MR) is 124 cm³/mol. The van der Waals surface area contributed by atoms with E-state index in [4.69, 9.17) is 9.40 Å². The molecule has 158 valence electrons. The number of benzene rings is 1. The van der Waals surface area contributed by atoms with Crippen LogP contribution in [0.25, 0.3) is 21.3 Å². The second-order valence-electron chi connectivity index (χ2n) is 7.92. The molecule has 1 aliphatic rings. The summed E-state index contributed by atoms with van der Waals surface area (Å²) in [4.78, 5) is 25.4. The summed E-state index contributed by atoms with van der Waals surface area (Å²) in [7, 11) is 0. The maximum atomic E-state index is 12.5. The number of piperidine rings is 1. The summed E-state index contributed by atoms with van der Waals surface area (Å²) >= 11 is 1.67.